The molecule has 35 heavy (non-hydrogen) atoms. The molecule has 8 nitrogen and oxygen atoms in total. The highest BCUT2D eigenvalue weighted by Gasteiger charge is 2.24. The van der Waals surface area contributed by atoms with Crippen LogP contribution in [0.1, 0.15) is 18.9 Å². The maximum atomic E-state index is 16.0. The lowest BCUT2D eigenvalue weighted by molar-refractivity contribution is -0.119. The van der Waals surface area contributed by atoms with Crippen LogP contribution in [0.4, 0.5) is 14.6 Å². The second-order valence-corrected chi connectivity index (χ2v) is 8.47. The average Bonchev–Trinajstić information content (AvgIpc) is 3.27. The molecule has 2 aromatic carbocycles. The van der Waals surface area contributed by atoms with Crippen LogP contribution in [0.25, 0.3) is 32.9 Å². The minimum Gasteiger partial charge on any atom is -0.508 e. The predicted octanol–water partition coefficient (Wildman–Crippen LogP) is 3.95. The van der Waals surface area contributed by atoms with E-state index in [1.807, 2.05) is 6.92 Å². The summed E-state index contributed by atoms with van der Waals surface area (Å²) < 4.78 is 35.8. The average molecular weight is 479 g/mol. The quantitative estimate of drug-likeness (QED) is 0.384. The van der Waals surface area contributed by atoms with Crippen LogP contribution in [0.15, 0.2) is 30.5 Å². The Balaban J connectivity index is 1.67. The summed E-state index contributed by atoms with van der Waals surface area (Å²) in [6.07, 6.45) is 2.21. The van der Waals surface area contributed by atoms with Crippen molar-refractivity contribution < 1.29 is 23.4 Å². The van der Waals surface area contributed by atoms with Crippen LogP contribution in [0.2, 0.25) is 0 Å². The van der Waals surface area contributed by atoms with Gasteiger partial charge in [0.1, 0.15) is 28.6 Å². The zero-order valence-electron chi connectivity index (χ0n) is 19.2. The number of halogens is 2. The summed E-state index contributed by atoms with van der Waals surface area (Å²) in [4.78, 5) is 24.3. The van der Waals surface area contributed by atoms with Crippen molar-refractivity contribution in [2.45, 2.75) is 19.8 Å². The molecular formula is C25H23F2N5O3. The number of amides is 1. The Hall–Kier alpha value is -4.08. The summed E-state index contributed by atoms with van der Waals surface area (Å²) in [6, 6.07) is 5.71. The highest BCUT2D eigenvalue weighted by Crippen LogP contribution is 2.38. The number of methoxy groups -OCH3 is 1. The van der Waals surface area contributed by atoms with Gasteiger partial charge in [-0.15, -0.1) is 0 Å². The van der Waals surface area contributed by atoms with E-state index >= 15 is 4.39 Å². The van der Waals surface area contributed by atoms with Gasteiger partial charge in [0.15, 0.2) is 5.82 Å². The molecule has 0 radical (unpaired) electrons. The molecular weight excluding hydrogens is 456 g/mol. The third-order valence-corrected chi connectivity index (χ3v) is 6.23. The summed E-state index contributed by atoms with van der Waals surface area (Å²) in [6.45, 7) is 2.79. The van der Waals surface area contributed by atoms with E-state index in [0.29, 0.717) is 53.5 Å². The van der Waals surface area contributed by atoms with Gasteiger partial charge in [0.25, 0.3) is 0 Å². The molecule has 1 fully saturated rings. The second-order valence-electron chi connectivity index (χ2n) is 8.47. The number of benzene rings is 2. The summed E-state index contributed by atoms with van der Waals surface area (Å²) in [7, 11) is 1.38. The largest absolute Gasteiger partial charge is 0.508 e. The van der Waals surface area contributed by atoms with Crippen LogP contribution >= 0.6 is 0 Å². The first kappa shape index (κ1) is 22.7. The topological polar surface area (TPSA) is 109 Å². The molecule has 1 saturated heterocycles. The van der Waals surface area contributed by atoms with Crippen molar-refractivity contribution in [2.24, 2.45) is 5.92 Å². The van der Waals surface area contributed by atoms with Crippen molar-refractivity contribution in [3.8, 4) is 23.0 Å². The van der Waals surface area contributed by atoms with Crippen LogP contribution in [-0.2, 0) is 11.2 Å². The first-order chi connectivity index (χ1) is 16.9. The molecule has 0 bridgehead atoms. The molecule has 10 heteroatoms. The maximum Gasteiger partial charge on any atom is 0.318 e. The Morgan fingerprint density at radius 1 is 1.26 bits per heavy atom. The summed E-state index contributed by atoms with van der Waals surface area (Å²) >= 11 is 0. The van der Waals surface area contributed by atoms with Crippen molar-refractivity contribution >= 4 is 33.4 Å². The van der Waals surface area contributed by atoms with E-state index in [-0.39, 0.29) is 40.4 Å². The number of rotatable bonds is 6. The van der Waals surface area contributed by atoms with E-state index in [2.05, 4.69) is 25.6 Å². The van der Waals surface area contributed by atoms with Crippen LogP contribution < -0.4 is 15.4 Å². The zero-order chi connectivity index (χ0) is 24.7. The van der Waals surface area contributed by atoms with Gasteiger partial charge in [-0.05, 0) is 41.0 Å². The predicted molar refractivity (Wildman–Crippen MR) is 127 cm³/mol. The molecule has 1 atom stereocenters. The van der Waals surface area contributed by atoms with Crippen molar-refractivity contribution in [1.29, 1.82) is 0 Å². The van der Waals surface area contributed by atoms with Crippen LogP contribution in [0.5, 0.6) is 11.8 Å². The van der Waals surface area contributed by atoms with E-state index in [1.54, 1.807) is 6.07 Å². The number of phenols is 1. The molecule has 1 aliphatic heterocycles. The Morgan fingerprint density at radius 3 is 2.80 bits per heavy atom. The van der Waals surface area contributed by atoms with E-state index in [9.17, 15) is 14.3 Å². The van der Waals surface area contributed by atoms with Gasteiger partial charge in [0.05, 0.1) is 12.5 Å². The van der Waals surface area contributed by atoms with E-state index in [1.165, 1.54) is 31.5 Å². The zero-order valence-corrected chi connectivity index (χ0v) is 19.2. The number of aromatic nitrogens is 3. The number of hydrogen-bond donors (Lipinski definition) is 3. The molecule has 0 saturated carbocycles. The van der Waals surface area contributed by atoms with Crippen LogP contribution in [0, 0.1) is 17.6 Å². The SMILES string of the molecule is CCc1c(F)ccc2cc(O)cc(-c3ncc4c(NCC5CNC(=O)C5)nc(OC)nc4c3F)c12. The molecule has 180 valence electrons. The van der Waals surface area contributed by atoms with Crippen LogP contribution in [0.3, 0.4) is 0 Å². The highest BCUT2D eigenvalue weighted by molar-refractivity contribution is 6.01. The fourth-order valence-corrected chi connectivity index (χ4v) is 4.53. The number of phenolic OH excluding ortho intramolecular Hbond substituents is 1. The third-order valence-electron chi connectivity index (χ3n) is 6.23. The van der Waals surface area contributed by atoms with Gasteiger partial charge >= 0.3 is 6.01 Å². The highest BCUT2D eigenvalue weighted by atomic mass is 19.1. The number of nitrogens with zero attached hydrogens (tertiary/aromatic N) is 3. The molecule has 1 unspecified atom stereocenters. The molecule has 3 N–H and O–H groups in total. The number of carbonyl (C=O) groups is 1. The van der Waals surface area contributed by atoms with E-state index < -0.39 is 11.6 Å². The number of ether oxygens (including phenoxy) is 1. The maximum absolute atomic E-state index is 16.0. The molecule has 1 amide bonds. The first-order valence-corrected chi connectivity index (χ1v) is 11.2. The monoisotopic (exact) mass is 479 g/mol. The third kappa shape index (κ3) is 4.05. The number of carbonyl (C=O) groups excluding carboxylic acids is 1. The standard InChI is InChI=1S/C25H23F2N5O3/c1-3-15-18(26)5-4-13-7-14(33)8-16(20(13)15)22-21(27)23-17(11-29-22)24(32-25(31-23)35-2)30-10-12-6-19(34)28-9-12/h4-5,7-8,11-12,33H,3,6,9-10H2,1-2H3,(H,28,34)(H,30,31,32). The lowest BCUT2D eigenvalue weighted by Crippen LogP contribution is -2.18. The second kappa shape index (κ2) is 8.94. The van der Waals surface area contributed by atoms with Crippen molar-refractivity contribution in [3.05, 3.63) is 47.7 Å². The minimum absolute atomic E-state index is 0.0134. The lowest BCUT2D eigenvalue weighted by Gasteiger charge is -2.15. The number of pyridine rings is 1. The summed E-state index contributed by atoms with van der Waals surface area (Å²) in [5, 5.41) is 17.6. The van der Waals surface area contributed by atoms with Crippen LogP contribution in [-0.4, -0.2) is 46.2 Å². The van der Waals surface area contributed by atoms with Gasteiger partial charge in [-0.3, -0.25) is 9.78 Å². The first-order valence-electron chi connectivity index (χ1n) is 11.2. The van der Waals surface area contributed by atoms with E-state index in [0.717, 1.165) is 0 Å². The number of fused-ring (bicyclic) bond motifs is 2. The van der Waals surface area contributed by atoms with E-state index in [4.69, 9.17) is 4.74 Å². The Bertz CT molecular complexity index is 1480. The smallest absolute Gasteiger partial charge is 0.318 e. The molecule has 5 rings (SSSR count). The molecule has 0 spiro atoms. The summed E-state index contributed by atoms with van der Waals surface area (Å²) in [5.74, 6) is -0.877. The summed E-state index contributed by atoms with van der Waals surface area (Å²) in [5.41, 5.74) is 0.562. The van der Waals surface area contributed by atoms with Gasteiger partial charge in [-0.1, -0.05) is 13.0 Å². The molecule has 1 aliphatic rings. The molecule has 3 heterocycles. The molecule has 2 aromatic heterocycles. The number of aryl methyl sites for hydroxylation is 1. The van der Waals surface area contributed by atoms with Crippen molar-refractivity contribution in [3.63, 3.8) is 0 Å². The number of anilines is 1. The normalized spacial score (nSPS) is 15.5. The van der Waals surface area contributed by atoms with Gasteiger partial charge < -0.3 is 20.5 Å². The number of aromatic hydroxyl groups is 1. The molecule has 0 aliphatic carbocycles. The van der Waals surface area contributed by atoms with Gasteiger partial charge in [-0.25, -0.2) is 8.78 Å². The van der Waals surface area contributed by atoms with Gasteiger partial charge in [0, 0.05) is 37.2 Å². The van der Waals surface area contributed by atoms with Gasteiger partial charge in [0.2, 0.25) is 5.91 Å². The minimum atomic E-state index is -0.748. The number of nitrogens with one attached hydrogen (secondary N) is 2. The Morgan fingerprint density at radius 2 is 2.09 bits per heavy atom. The Labute approximate surface area is 199 Å². The fraction of sp³-hybridized carbons (Fsp3) is 0.280. The van der Waals surface area contributed by atoms with Crippen molar-refractivity contribution in [1.82, 2.24) is 20.3 Å². The lowest BCUT2D eigenvalue weighted by atomic mass is 9.94. The molecule has 4 aromatic rings. The van der Waals surface area contributed by atoms with Crippen molar-refractivity contribution in [2.75, 3.05) is 25.5 Å². The fourth-order valence-electron chi connectivity index (χ4n) is 4.53. The number of hydrogen-bond acceptors (Lipinski definition) is 7. The Kier molecular flexibility index (Phi) is 5.80. The van der Waals surface area contributed by atoms with Gasteiger partial charge in [-0.2, -0.15) is 9.97 Å².